The molecule has 3 heteroatoms. The maximum absolute atomic E-state index is 10.8. The molecule has 0 aliphatic carbocycles. The van der Waals surface area contributed by atoms with Gasteiger partial charge in [0, 0.05) is 28.8 Å². The number of anilines is 1. The zero-order valence-electron chi connectivity index (χ0n) is 9.77. The average Bonchev–Trinajstić information content (AvgIpc) is 2.82. The molecule has 0 radical (unpaired) electrons. The zero-order valence-corrected chi connectivity index (χ0v) is 11.4. The summed E-state index contributed by atoms with van der Waals surface area (Å²) in [7, 11) is 0. The van der Waals surface area contributed by atoms with E-state index in [4.69, 9.17) is 0 Å². The van der Waals surface area contributed by atoms with Crippen molar-refractivity contribution in [1.29, 1.82) is 0 Å². The fourth-order valence-electron chi connectivity index (χ4n) is 2.32. The highest BCUT2D eigenvalue weighted by Gasteiger charge is 2.18. The van der Waals surface area contributed by atoms with Crippen LogP contribution in [0, 0.1) is 0 Å². The molecule has 1 heterocycles. The standard InChI is InChI=1S/C15H12BrNO/c16-15-7-14(6-5-13(15)10-18)17-8-11-3-1-2-4-12(11)9-17/h1-7,10H,8-9H2. The van der Waals surface area contributed by atoms with Gasteiger partial charge in [0.05, 0.1) is 0 Å². The first kappa shape index (κ1) is 11.5. The summed E-state index contributed by atoms with van der Waals surface area (Å²) in [5, 5.41) is 0. The van der Waals surface area contributed by atoms with E-state index in [-0.39, 0.29) is 0 Å². The van der Waals surface area contributed by atoms with Gasteiger partial charge < -0.3 is 4.90 Å². The first-order valence-corrected chi connectivity index (χ1v) is 6.63. The first-order valence-electron chi connectivity index (χ1n) is 5.84. The molecule has 90 valence electrons. The first-order chi connectivity index (χ1) is 8.78. The molecule has 0 aromatic heterocycles. The molecule has 0 saturated carbocycles. The minimum absolute atomic E-state index is 0.690. The molecule has 0 saturated heterocycles. The van der Waals surface area contributed by atoms with Crippen LogP contribution in [0.25, 0.3) is 0 Å². The average molecular weight is 302 g/mol. The molecule has 2 aromatic carbocycles. The van der Waals surface area contributed by atoms with Crippen LogP contribution in [0.4, 0.5) is 5.69 Å². The van der Waals surface area contributed by atoms with Gasteiger partial charge >= 0.3 is 0 Å². The van der Waals surface area contributed by atoms with Gasteiger partial charge in [0.2, 0.25) is 0 Å². The lowest BCUT2D eigenvalue weighted by atomic mass is 10.1. The summed E-state index contributed by atoms with van der Waals surface area (Å²) in [6.07, 6.45) is 0.868. The summed E-state index contributed by atoms with van der Waals surface area (Å²) in [6, 6.07) is 14.4. The maximum Gasteiger partial charge on any atom is 0.151 e. The molecule has 2 nitrogen and oxygen atoms in total. The summed E-state index contributed by atoms with van der Waals surface area (Å²) in [4.78, 5) is 13.1. The molecule has 0 atom stereocenters. The number of carbonyl (C=O) groups is 1. The fourth-order valence-corrected chi connectivity index (χ4v) is 2.78. The molecule has 2 aromatic rings. The number of hydrogen-bond donors (Lipinski definition) is 0. The van der Waals surface area contributed by atoms with Crippen molar-refractivity contribution in [3.63, 3.8) is 0 Å². The monoisotopic (exact) mass is 301 g/mol. The predicted octanol–water partition coefficient (Wildman–Crippen LogP) is 3.78. The molecule has 0 spiro atoms. The molecule has 3 rings (SSSR count). The fraction of sp³-hybridized carbons (Fsp3) is 0.133. The number of carbonyl (C=O) groups excluding carboxylic acids is 1. The summed E-state index contributed by atoms with van der Waals surface area (Å²) in [6.45, 7) is 1.87. The van der Waals surface area contributed by atoms with Gasteiger partial charge in [0.25, 0.3) is 0 Å². The highest BCUT2D eigenvalue weighted by Crippen LogP contribution is 2.30. The van der Waals surface area contributed by atoms with E-state index in [0.717, 1.165) is 29.5 Å². The minimum atomic E-state index is 0.690. The molecular formula is C15H12BrNO. The summed E-state index contributed by atoms with van der Waals surface area (Å²) < 4.78 is 0.853. The quantitative estimate of drug-likeness (QED) is 0.787. The van der Waals surface area contributed by atoms with Crippen molar-refractivity contribution < 1.29 is 4.79 Å². The van der Waals surface area contributed by atoms with Crippen LogP contribution in [0.1, 0.15) is 21.5 Å². The number of hydrogen-bond acceptors (Lipinski definition) is 2. The normalized spacial score (nSPS) is 13.5. The largest absolute Gasteiger partial charge is 0.363 e. The van der Waals surface area contributed by atoms with Crippen molar-refractivity contribution >= 4 is 27.9 Å². The Bertz CT molecular complexity index is 584. The Morgan fingerprint density at radius 3 is 2.28 bits per heavy atom. The van der Waals surface area contributed by atoms with Crippen LogP contribution in [-0.4, -0.2) is 6.29 Å². The van der Waals surface area contributed by atoms with Crippen molar-refractivity contribution in [2.24, 2.45) is 0 Å². The van der Waals surface area contributed by atoms with Gasteiger partial charge in [0.15, 0.2) is 6.29 Å². The van der Waals surface area contributed by atoms with Gasteiger partial charge in [-0.25, -0.2) is 0 Å². The Morgan fingerprint density at radius 2 is 1.72 bits per heavy atom. The lowest BCUT2D eigenvalue weighted by Gasteiger charge is -2.18. The SMILES string of the molecule is O=Cc1ccc(N2Cc3ccccc3C2)cc1Br. The van der Waals surface area contributed by atoms with Gasteiger partial charge in [-0.2, -0.15) is 0 Å². The molecule has 0 bridgehead atoms. The Hall–Kier alpha value is -1.61. The van der Waals surface area contributed by atoms with Crippen molar-refractivity contribution in [3.8, 4) is 0 Å². The smallest absolute Gasteiger partial charge is 0.151 e. The molecule has 0 N–H and O–H groups in total. The maximum atomic E-state index is 10.8. The lowest BCUT2D eigenvalue weighted by molar-refractivity contribution is 0.112. The lowest BCUT2D eigenvalue weighted by Crippen LogP contribution is -2.14. The van der Waals surface area contributed by atoms with Crippen LogP contribution in [0.5, 0.6) is 0 Å². The van der Waals surface area contributed by atoms with Crippen LogP contribution in [0.3, 0.4) is 0 Å². The molecule has 0 amide bonds. The Labute approximate surface area is 114 Å². The van der Waals surface area contributed by atoms with E-state index in [1.54, 1.807) is 0 Å². The summed E-state index contributed by atoms with van der Waals surface area (Å²) >= 11 is 3.43. The van der Waals surface area contributed by atoms with Crippen molar-refractivity contribution in [2.75, 3.05) is 4.90 Å². The van der Waals surface area contributed by atoms with E-state index < -0.39 is 0 Å². The highest BCUT2D eigenvalue weighted by atomic mass is 79.9. The third kappa shape index (κ3) is 1.95. The van der Waals surface area contributed by atoms with Gasteiger partial charge in [0.1, 0.15) is 0 Å². The molecule has 1 aliphatic rings. The number of benzene rings is 2. The number of rotatable bonds is 2. The second kappa shape index (κ2) is 4.58. The Morgan fingerprint density at radius 1 is 1.06 bits per heavy atom. The molecule has 0 unspecified atom stereocenters. The number of nitrogens with zero attached hydrogens (tertiary/aromatic N) is 1. The second-order valence-electron chi connectivity index (χ2n) is 4.45. The third-order valence-electron chi connectivity index (χ3n) is 3.32. The molecule has 1 aliphatic heterocycles. The van der Waals surface area contributed by atoms with Crippen LogP contribution >= 0.6 is 15.9 Å². The number of halogens is 1. The molecule has 18 heavy (non-hydrogen) atoms. The van der Waals surface area contributed by atoms with Crippen LogP contribution in [0.15, 0.2) is 46.9 Å². The van der Waals surface area contributed by atoms with E-state index in [1.165, 1.54) is 11.1 Å². The van der Waals surface area contributed by atoms with Crippen LogP contribution < -0.4 is 4.90 Å². The summed E-state index contributed by atoms with van der Waals surface area (Å²) in [5.74, 6) is 0. The van der Waals surface area contributed by atoms with E-state index in [9.17, 15) is 4.79 Å². The minimum Gasteiger partial charge on any atom is -0.363 e. The third-order valence-corrected chi connectivity index (χ3v) is 4.00. The van der Waals surface area contributed by atoms with E-state index in [0.29, 0.717) is 5.56 Å². The van der Waals surface area contributed by atoms with Gasteiger partial charge in [-0.05, 0) is 45.3 Å². The summed E-state index contributed by atoms with van der Waals surface area (Å²) in [5.41, 5.74) is 4.60. The van der Waals surface area contributed by atoms with Crippen molar-refractivity contribution in [3.05, 3.63) is 63.6 Å². The number of aldehydes is 1. The number of fused-ring (bicyclic) bond motifs is 1. The van der Waals surface area contributed by atoms with Gasteiger partial charge in [-0.15, -0.1) is 0 Å². The zero-order chi connectivity index (χ0) is 12.5. The van der Waals surface area contributed by atoms with E-state index in [1.807, 2.05) is 18.2 Å². The Kier molecular flexibility index (Phi) is 2.92. The van der Waals surface area contributed by atoms with Gasteiger partial charge in [-0.3, -0.25) is 4.79 Å². The highest BCUT2D eigenvalue weighted by molar-refractivity contribution is 9.10. The van der Waals surface area contributed by atoms with E-state index >= 15 is 0 Å². The predicted molar refractivity (Wildman–Crippen MR) is 75.9 cm³/mol. The second-order valence-corrected chi connectivity index (χ2v) is 5.30. The van der Waals surface area contributed by atoms with Crippen LogP contribution in [0.2, 0.25) is 0 Å². The molecular weight excluding hydrogens is 290 g/mol. The van der Waals surface area contributed by atoms with E-state index in [2.05, 4.69) is 45.1 Å². The van der Waals surface area contributed by atoms with Gasteiger partial charge in [-0.1, -0.05) is 24.3 Å². The van der Waals surface area contributed by atoms with Crippen LogP contribution in [-0.2, 0) is 13.1 Å². The molecule has 0 fully saturated rings. The topological polar surface area (TPSA) is 20.3 Å². The van der Waals surface area contributed by atoms with Crippen molar-refractivity contribution in [1.82, 2.24) is 0 Å². The van der Waals surface area contributed by atoms with Crippen molar-refractivity contribution in [2.45, 2.75) is 13.1 Å². The Balaban J connectivity index is 1.90.